The number of carbonyl (C=O) groups is 8. The molecule has 0 radical (unpaired) electrons. The number of ketones is 2. The van der Waals surface area contributed by atoms with E-state index in [9.17, 15) is 38.4 Å². The number of fused-ring (bicyclic) bond motifs is 2. The van der Waals surface area contributed by atoms with Crippen molar-refractivity contribution in [1.29, 1.82) is 0 Å². The van der Waals surface area contributed by atoms with Crippen LogP contribution in [0, 0.1) is 23.7 Å². The summed E-state index contributed by atoms with van der Waals surface area (Å²) in [5, 5.41) is 14.2. The Morgan fingerprint density at radius 2 is 0.988 bits per heavy atom. The minimum absolute atomic E-state index is 0.0278. The van der Waals surface area contributed by atoms with Gasteiger partial charge in [0.1, 0.15) is 22.3 Å². The summed E-state index contributed by atoms with van der Waals surface area (Å²) in [6, 6.07) is 20.8. The number of nitrogen functional groups attached to an aromatic ring is 1. The number of hydrogen-bond acceptors (Lipinski definition) is 14. The fraction of sp³-hybridized carbons (Fsp3) is 0.531. The number of benzene rings is 2. The topological polar surface area (TPSA) is 273 Å². The number of para-hydroxylation sites is 2. The van der Waals surface area contributed by atoms with E-state index in [2.05, 4.69) is 36.6 Å². The van der Waals surface area contributed by atoms with Crippen molar-refractivity contribution in [3.63, 3.8) is 0 Å². The average Bonchev–Trinajstić information content (AvgIpc) is 1.18. The number of carbonyl (C=O) groups excluding carboxylic acids is 8. The summed E-state index contributed by atoms with van der Waals surface area (Å²) in [6.45, 7) is 27.6. The maximum Gasteiger partial charge on any atom is 0.408 e. The summed E-state index contributed by atoms with van der Waals surface area (Å²) in [7, 11) is 0. The number of nitrogens with two attached hydrogens (primary N) is 1. The second-order valence-electron chi connectivity index (χ2n) is 25.6. The lowest BCUT2D eigenvalue weighted by Gasteiger charge is -2.36. The predicted octanol–water partition coefficient (Wildman–Crippen LogP) is 9.18. The summed E-state index contributed by atoms with van der Waals surface area (Å²) >= 11 is 0. The quantitative estimate of drug-likeness (QED) is 0.0401. The van der Waals surface area contributed by atoms with Gasteiger partial charge in [-0.2, -0.15) is 0 Å². The van der Waals surface area contributed by atoms with E-state index in [1.807, 2.05) is 95.3 Å². The molecular formula is C64H90N10O10. The van der Waals surface area contributed by atoms with E-state index < -0.39 is 70.2 Å². The van der Waals surface area contributed by atoms with Crippen LogP contribution in [0.1, 0.15) is 152 Å². The van der Waals surface area contributed by atoms with E-state index in [0.717, 1.165) is 28.2 Å². The zero-order chi connectivity index (χ0) is 62.5. The Hall–Kier alpha value is -7.90. The molecule has 7 N–H and O–H groups in total. The Labute approximate surface area is 495 Å². The first kappa shape index (κ1) is 66.9. The van der Waals surface area contributed by atoms with Gasteiger partial charge in [0.15, 0.2) is 11.6 Å². The molecule has 2 aromatic carbocycles. The number of hydrogen-bond donors (Lipinski definition) is 6. The number of rotatable bonds is 22. The number of nitrogens with one attached hydrogen (secondary N) is 5. The van der Waals surface area contributed by atoms with Gasteiger partial charge in [-0.3, -0.25) is 38.7 Å². The highest BCUT2D eigenvalue weighted by atomic mass is 16.6. The molecular weight excluding hydrogens is 1070 g/mol. The predicted molar refractivity (Wildman–Crippen MR) is 326 cm³/mol. The van der Waals surface area contributed by atoms with Crippen molar-refractivity contribution in [1.82, 2.24) is 31.2 Å². The Balaban J connectivity index is 0.000000308. The van der Waals surface area contributed by atoms with Crippen molar-refractivity contribution < 1.29 is 47.8 Å². The van der Waals surface area contributed by atoms with E-state index in [4.69, 9.17) is 15.2 Å². The first-order valence-corrected chi connectivity index (χ1v) is 29.0. The molecule has 2 aliphatic rings. The standard InChI is InChI=1S/C33H47N5O5.C31H43N5O5/c1-9-34-25-15-12-13-22-18-23(29(40)38(28(22)25)20-24-14-10-11-16-35-24)19-27(39)26(17-21(2)3)36-30(41)33(7,8)37-31(42)43-32(4,5)6;1-19(2)15-24(34-28(39)31(6,7)35-29(40)41-30(3,4)5)25(37)17-21-16-20-11-10-13-23(32)26(20)36(27(21)38)18-22-12-8-9-14-33-22/h10-16,21,23,26,34H,9,17-20H2,1-8H3,(H,36,41)(H,37,42);8-14,19,21,24H,15-18,32H2,1-7H3,(H,34,39)(H,35,40)/t23?,26-;21?,24-/m11/s1. The van der Waals surface area contributed by atoms with Crippen LogP contribution in [0.5, 0.6) is 0 Å². The SMILES string of the molecule is CC(C)C[C@@H](NC(=O)C(C)(C)NC(=O)OC(C)(C)C)C(=O)CC1Cc2cccc(N)c2N(Cc2ccccn2)C1=O.CCNc1cccc2c1N(Cc1ccccn1)C(=O)C(CC(=O)[C@@H](CC(C)C)NC(=O)C(C)(C)NC(=O)OC(C)(C)C)C2. The third-order valence-electron chi connectivity index (χ3n) is 13.9. The van der Waals surface area contributed by atoms with Gasteiger partial charge in [0.05, 0.1) is 59.3 Å². The average molecular weight is 1160 g/mol. The molecule has 0 aliphatic carbocycles. The first-order valence-electron chi connectivity index (χ1n) is 29.0. The van der Waals surface area contributed by atoms with Gasteiger partial charge < -0.3 is 51.6 Å². The molecule has 0 spiro atoms. The molecule has 2 aromatic heterocycles. The maximum absolute atomic E-state index is 14.0. The van der Waals surface area contributed by atoms with Crippen molar-refractivity contribution in [2.75, 3.05) is 27.4 Å². The molecule has 0 saturated heterocycles. The monoisotopic (exact) mass is 1160 g/mol. The fourth-order valence-electron chi connectivity index (χ4n) is 9.98. The van der Waals surface area contributed by atoms with Crippen LogP contribution in [0.3, 0.4) is 0 Å². The lowest BCUT2D eigenvalue weighted by molar-refractivity contribution is -0.133. The highest BCUT2D eigenvalue weighted by Gasteiger charge is 2.41. The number of Topliss-reactive ketones (excluding diaryl/α,β-unsaturated/α-hetero) is 2. The van der Waals surface area contributed by atoms with Crippen molar-refractivity contribution in [3.8, 4) is 0 Å². The van der Waals surface area contributed by atoms with E-state index in [1.165, 1.54) is 0 Å². The number of ether oxygens (including phenoxy) is 2. The maximum atomic E-state index is 14.0. The minimum atomic E-state index is -1.34. The zero-order valence-electron chi connectivity index (χ0n) is 51.9. The number of anilines is 4. The molecule has 0 fully saturated rings. The molecule has 6 rings (SSSR count). The first-order chi connectivity index (χ1) is 39.2. The van der Waals surface area contributed by atoms with Crippen LogP contribution in [-0.4, -0.2) is 98.3 Å². The lowest BCUT2D eigenvalue weighted by atomic mass is 9.85. The number of aromatic nitrogens is 2. The molecule has 2 unspecified atom stereocenters. The van der Waals surface area contributed by atoms with E-state index in [1.54, 1.807) is 104 Å². The summed E-state index contributed by atoms with van der Waals surface area (Å²) in [5.74, 6) is -2.90. The Morgan fingerprint density at radius 1 is 0.583 bits per heavy atom. The van der Waals surface area contributed by atoms with Gasteiger partial charge in [0, 0.05) is 43.6 Å². The van der Waals surface area contributed by atoms with Crippen LogP contribution >= 0.6 is 0 Å². The van der Waals surface area contributed by atoms with E-state index in [-0.39, 0.29) is 61.1 Å². The number of amides is 6. The molecule has 0 bridgehead atoms. The summed E-state index contributed by atoms with van der Waals surface area (Å²) in [6.07, 6.45) is 3.37. The van der Waals surface area contributed by atoms with Crippen LogP contribution in [0.15, 0.2) is 85.2 Å². The van der Waals surface area contributed by atoms with Gasteiger partial charge in [-0.25, -0.2) is 9.59 Å². The van der Waals surface area contributed by atoms with Gasteiger partial charge in [-0.15, -0.1) is 0 Å². The third kappa shape index (κ3) is 19.3. The van der Waals surface area contributed by atoms with Crippen molar-refractivity contribution in [2.45, 2.75) is 190 Å². The van der Waals surface area contributed by atoms with Gasteiger partial charge in [-0.1, -0.05) is 64.1 Å². The van der Waals surface area contributed by atoms with Gasteiger partial charge >= 0.3 is 12.2 Å². The van der Waals surface area contributed by atoms with E-state index in [0.29, 0.717) is 49.3 Å². The second-order valence-corrected chi connectivity index (χ2v) is 25.6. The fourth-order valence-corrected chi connectivity index (χ4v) is 9.98. The van der Waals surface area contributed by atoms with Crippen LogP contribution < -0.4 is 42.1 Å². The molecule has 20 nitrogen and oxygen atoms in total. The molecule has 84 heavy (non-hydrogen) atoms. The molecule has 6 amide bonds. The number of nitrogens with zero attached hydrogens (tertiary/aromatic N) is 4. The summed E-state index contributed by atoms with van der Waals surface area (Å²) in [5.41, 5.74) is 8.26. The molecule has 4 aromatic rings. The smallest absolute Gasteiger partial charge is 0.408 e. The number of alkyl carbamates (subject to hydrolysis) is 2. The minimum Gasteiger partial charge on any atom is -0.444 e. The van der Waals surface area contributed by atoms with Crippen LogP contribution in [0.2, 0.25) is 0 Å². The van der Waals surface area contributed by atoms with Crippen molar-refractivity contribution >= 4 is 70.1 Å². The Morgan fingerprint density at radius 3 is 1.37 bits per heavy atom. The summed E-state index contributed by atoms with van der Waals surface area (Å²) in [4.78, 5) is 119. The third-order valence-corrected chi connectivity index (χ3v) is 13.9. The molecule has 456 valence electrons. The normalized spacial score (nSPS) is 16.0. The second kappa shape index (κ2) is 28.6. The van der Waals surface area contributed by atoms with Gasteiger partial charge in [-0.05, 0) is 161 Å². The van der Waals surface area contributed by atoms with Gasteiger partial charge in [0.25, 0.3) is 0 Å². The van der Waals surface area contributed by atoms with Crippen molar-refractivity contribution in [2.24, 2.45) is 23.7 Å². The largest absolute Gasteiger partial charge is 0.444 e. The van der Waals surface area contributed by atoms with Crippen LogP contribution in [0.25, 0.3) is 0 Å². The molecule has 4 heterocycles. The molecule has 0 saturated carbocycles. The Kier molecular flexibility index (Phi) is 22.8. The molecule has 20 heteroatoms. The zero-order valence-corrected chi connectivity index (χ0v) is 51.9. The Bertz CT molecular complexity index is 2970. The highest BCUT2D eigenvalue weighted by Crippen LogP contribution is 2.40. The van der Waals surface area contributed by atoms with Crippen molar-refractivity contribution in [3.05, 3.63) is 108 Å². The van der Waals surface area contributed by atoms with Crippen LogP contribution in [0.4, 0.5) is 32.3 Å². The molecule has 4 atom stereocenters. The van der Waals surface area contributed by atoms with E-state index >= 15 is 0 Å². The number of pyridine rings is 2. The van der Waals surface area contributed by atoms with Gasteiger partial charge in [0.2, 0.25) is 23.6 Å². The summed E-state index contributed by atoms with van der Waals surface area (Å²) < 4.78 is 10.6. The molecule has 2 aliphatic heterocycles. The lowest BCUT2D eigenvalue weighted by Crippen LogP contribution is -2.58. The van der Waals surface area contributed by atoms with Crippen LogP contribution in [-0.2, 0) is 64.2 Å². The highest BCUT2D eigenvalue weighted by molar-refractivity contribution is 6.05.